The molecule has 0 atom stereocenters. The van der Waals surface area contributed by atoms with Crippen molar-refractivity contribution in [1.82, 2.24) is 19.5 Å². The van der Waals surface area contributed by atoms with E-state index in [9.17, 15) is 0 Å². The van der Waals surface area contributed by atoms with Crippen molar-refractivity contribution >= 4 is 28.7 Å². The summed E-state index contributed by atoms with van der Waals surface area (Å²) in [5.74, 6) is 1.22. The molecule has 29 heavy (non-hydrogen) atoms. The number of methoxy groups -OCH3 is 1. The van der Waals surface area contributed by atoms with Gasteiger partial charge in [0.2, 0.25) is 0 Å². The van der Waals surface area contributed by atoms with Crippen molar-refractivity contribution < 1.29 is 4.74 Å². The number of fused-ring (bicyclic) bond motifs is 1. The number of hydrogen-bond acceptors (Lipinski definition) is 6. The number of benzene rings is 2. The summed E-state index contributed by atoms with van der Waals surface area (Å²) in [6.07, 6.45) is 2.37. The largest absolute Gasteiger partial charge is 0.497 e. The average molecular weight is 406 g/mol. The third kappa shape index (κ3) is 4.05. The van der Waals surface area contributed by atoms with Gasteiger partial charge in [0.15, 0.2) is 22.1 Å². The lowest BCUT2D eigenvalue weighted by molar-refractivity contribution is 0.413. The fourth-order valence-electron chi connectivity index (χ4n) is 3.12. The molecule has 0 aliphatic heterocycles. The minimum absolute atomic E-state index is 0.397. The van der Waals surface area contributed by atoms with Crippen LogP contribution in [0.4, 0.5) is 5.82 Å². The molecule has 2 heterocycles. The fourth-order valence-corrected chi connectivity index (χ4v) is 4.15. The zero-order chi connectivity index (χ0) is 20.4. The van der Waals surface area contributed by atoms with Gasteiger partial charge in [-0.2, -0.15) is 0 Å². The molecule has 2 aromatic carbocycles. The second-order valence-electron chi connectivity index (χ2n) is 6.95. The van der Waals surface area contributed by atoms with Gasteiger partial charge in [0, 0.05) is 11.4 Å². The summed E-state index contributed by atoms with van der Waals surface area (Å²) in [4.78, 5) is 14.4. The molecular formula is C22H23N5OS. The standard InChI is InChI=1S/C22H23N5OS/c1-14-4-7-16(8-5-14)10-11-27-21-19(20(23)24-13-25-21)26-22(27)29-18-12-17(28-3)9-6-15(18)2/h4-9,12-13H,10-11H2,1-3H3,(H2,23,24,25). The predicted octanol–water partition coefficient (Wildman–Crippen LogP) is 4.43. The lowest BCUT2D eigenvalue weighted by Crippen LogP contribution is -2.04. The van der Waals surface area contributed by atoms with Crippen LogP contribution in [0, 0.1) is 13.8 Å². The van der Waals surface area contributed by atoms with Crippen LogP contribution in [-0.4, -0.2) is 26.6 Å². The number of nitrogens with zero attached hydrogens (tertiary/aromatic N) is 4. The Labute approximate surface area is 174 Å². The van der Waals surface area contributed by atoms with E-state index in [1.165, 1.54) is 17.5 Å². The van der Waals surface area contributed by atoms with Crippen molar-refractivity contribution in [3.63, 3.8) is 0 Å². The van der Waals surface area contributed by atoms with Gasteiger partial charge in [0.1, 0.15) is 12.1 Å². The van der Waals surface area contributed by atoms with Gasteiger partial charge in [-0.25, -0.2) is 15.0 Å². The van der Waals surface area contributed by atoms with Crippen molar-refractivity contribution in [2.45, 2.75) is 36.9 Å². The van der Waals surface area contributed by atoms with Crippen molar-refractivity contribution in [3.8, 4) is 5.75 Å². The molecule has 0 saturated heterocycles. The molecule has 0 saturated carbocycles. The minimum Gasteiger partial charge on any atom is -0.497 e. The first kappa shape index (κ1) is 19.3. The van der Waals surface area contributed by atoms with Gasteiger partial charge >= 0.3 is 0 Å². The summed E-state index contributed by atoms with van der Waals surface area (Å²) in [6, 6.07) is 14.6. The Balaban J connectivity index is 1.72. The van der Waals surface area contributed by atoms with Crippen LogP contribution in [0.1, 0.15) is 16.7 Å². The highest BCUT2D eigenvalue weighted by atomic mass is 32.2. The molecule has 0 aliphatic rings. The smallest absolute Gasteiger partial charge is 0.175 e. The van der Waals surface area contributed by atoms with Gasteiger partial charge in [-0.15, -0.1) is 0 Å². The molecule has 0 radical (unpaired) electrons. The van der Waals surface area contributed by atoms with Crippen molar-refractivity contribution in [2.24, 2.45) is 0 Å². The van der Waals surface area contributed by atoms with Crippen LogP contribution >= 0.6 is 11.8 Å². The van der Waals surface area contributed by atoms with E-state index >= 15 is 0 Å². The molecule has 4 rings (SSSR count). The summed E-state index contributed by atoms with van der Waals surface area (Å²) in [6.45, 7) is 4.93. The molecule has 7 heteroatoms. The maximum Gasteiger partial charge on any atom is 0.175 e. The van der Waals surface area contributed by atoms with Crippen LogP contribution < -0.4 is 10.5 Å². The highest BCUT2D eigenvalue weighted by Crippen LogP contribution is 2.34. The van der Waals surface area contributed by atoms with E-state index in [1.807, 2.05) is 12.1 Å². The first-order chi connectivity index (χ1) is 14.0. The number of hydrogen-bond donors (Lipinski definition) is 1. The summed E-state index contributed by atoms with van der Waals surface area (Å²) in [5, 5.41) is 0.843. The lowest BCUT2D eigenvalue weighted by atomic mass is 10.1. The maximum atomic E-state index is 6.08. The quantitative estimate of drug-likeness (QED) is 0.511. The van der Waals surface area contributed by atoms with E-state index in [0.29, 0.717) is 11.3 Å². The Morgan fingerprint density at radius 2 is 1.86 bits per heavy atom. The second-order valence-corrected chi connectivity index (χ2v) is 7.96. The molecule has 0 unspecified atom stereocenters. The van der Waals surface area contributed by atoms with E-state index in [2.05, 4.69) is 58.7 Å². The van der Waals surface area contributed by atoms with E-state index in [1.54, 1.807) is 18.9 Å². The Morgan fingerprint density at radius 3 is 2.62 bits per heavy atom. The van der Waals surface area contributed by atoms with Crippen LogP contribution in [0.25, 0.3) is 11.2 Å². The number of nitrogen functional groups attached to an aromatic ring is 1. The van der Waals surface area contributed by atoms with E-state index in [4.69, 9.17) is 15.5 Å². The van der Waals surface area contributed by atoms with Crippen LogP contribution in [0.2, 0.25) is 0 Å². The van der Waals surface area contributed by atoms with Gasteiger partial charge in [-0.3, -0.25) is 0 Å². The summed E-state index contributed by atoms with van der Waals surface area (Å²) < 4.78 is 7.51. The summed E-state index contributed by atoms with van der Waals surface area (Å²) in [5.41, 5.74) is 11.2. The molecule has 148 valence electrons. The van der Waals surface area contributed by atoms with Crippen molar-refractivity contribution in [1.29, 1.82) is 0 Å². The topological polar surface area (TPSA) is 78.8 Å². The number of aryl methyl sites for hydroxylation is 4. The molecular weight excluding hydrogens is 382 g/mol. The highest BCUT2D eigenvalue weighted by Gasteiger charge is 2.17. The van der Waals surface area contributed by atoms with Gasteiger partial charge in [0.25, 0.3) is 0 Å². The normalized spacial score (nSPS) is 11.1. The predicted molar refractivity (Wildman–Crippen MR) is 116 cm³/mol. The molecule has 2 aromatic heterocycles. The third-order valence-corrected chi connectivity index (χ3v) is 6.02. The zero-order valence-electron chi connectivity index (χ0n) is 16.7. The van der Waals surface area contributed by atoms with E-state index in [-0.39, 0.29) is 0 Å². The van der Waals surface area contributed by atoms with Crippen molar-refractivity contribution in [2.75, 3.05) is 12.8 Å². The molecule has 0 bridgehead atoms. The van der Waals surface area contributed by atoms with Gasteiger partial charge < -0.3 is 15.0 Å². The summed E-state index contributed by atoms with van der Waals surface area (Å²) in [7, 11) is 1.67. The maximum absolute atomic E-state index is 6.08. The van der Waals surface area contributed by atoms with Crippen LogP contribution in [0.3, 0.4) is 0 Å². The summed E-state index contributed by atoms with van der Waals surface area (Å²) >= 11 is 1.59. The highest BCUT2D eigenvalue weighted by molar-refractivity contribution is 7.99. The Morgan fingerprint density at radius 1 is 1.07 bits per heavy atom. The van der Waals surface area contributed by atoms with Gasteiger partial charge in [-0.05, 0) is 43.5 Å². The Bertz CT molecular complexity index is 1150. The van der Waals surface area contributed by atoms with Gasteiger partial charge in [-0.1, -0.05) is 47.7 Å². The van der Waals surface area contributed by atoms with Crippen LogP contribution in [0.15, 0.2) is 58.8 Å². The SMILES string of the molecule is COc1ccc(C)c(Sc2nc3c(N)ncnc3n2CCc2ccc(C)cc2)c1. The van der Waals surface area contributed by atoms with Gasteiger partial charge in [0.05, 0.1) is 7.11 Å². The molecule has 6 nitrogen and oxygen atoms in total. The van der Waals surface area contributed by atoms with E-state index in [0.717, 1.165) is 40.0 Å². The van der Waals surface area contributed by atoms with E-state index < -0.39 is 0 Å². The number of nitrogens with two attached hydrogens (primary N) is 1. The third-order valence-electron chi connectivity index (χ3n) is 4.87. The minimum atomic E-state index is 0.397. The number of ether oxygens (including phenoxy) is 1. The molecule has 0 aliphatic carbocycles. The fraction of sp³-hybridized carbons (Fsp3) is 0.227. The lowest BCUT2D eigenvalue weighted by Gasteiger charge is -2.11. The van der Waals surface area contributed by atoms with Crippen LogP contribution in [-0.2, 0) is 13.0 Å². The number of aromatic nitrogens is 4. The van der Waals surface area contributed by atoms with Crippen molar-refractivity contribution in [3.05, 3.63) is 65.5 Å². The molecule has 4 aromatic rings. The first-order valence-electron chi connectivity index (χ1n) is 9.40. The Kier molecular flexibility index (Phi) is 5.40. The first-order valence-corrected chi connectivity index (χ1v) is 10.2. The number of imidazole rings is 1. The zero-order valence-corrected chi connectivity index (χ0v) is 17.5. The number of rotatable bonds is 6. The Hall–Kier alpha value is -3.06. The second kappa shape index (κ2) is 8.13. The molecule has 0 spiro atoms. The number of anilines is 1. The molecule has 0 fully saturated rings. The van der Waals surface area contributed by atoms with Crippen LogP contribution in [0.5, 0.6) is 5.75 Å². The molecule has 0 amide bonds. The average Bonchev–Trinajstić information content (AvgIpc) is 3.08. The monoisotopic (exact) mass is 405 g/mol. The molecule has 2 N–H and O–H groups in total.